The van der Waals surface area contributed by atoms with Crippen molar-refractivity contribution in [2.45, 2.75) is 51.4 Å². The third-order valence-electron chi connectivity index (χ3n) is 5.03. The summed E-state index contributed by atoms with van der Waals surface area (Å²) >= 11 is 0. The molecule has 0 amide bonds. The molecule has 3 aliphatic carbocycles. The van der Waals surface area contributed by atoms with E-state index in [9.17, 15) is 9.59 Å². The Bertz CT molecular complexity index is 293. The van der Waals surface area contributed by atoms with Crippen molar-refractivity contribution in [3.63, 3.8) is 0 Å². The van der Waals surface area contributed by atoms with Gasteiger partial charge in [0.2, 0.25) is 0 Å². The Labute approximate surface area is 96.8 Å². The molecule has 16 heavy (non-hydrogen) atoms. The van der Waals surface area contributed by atoms with Crippen molar-refractivity contribution in [2.24, 2.45) is 23.7 Å². The van der Waals surface area contributed by atoms with E-state index in [-0.39, 0.29) is 11.8 Å². The Morgan fingerprint density at radius 3 is 1.75 bits per heavy atom. The molecule has 0 heterocycles. The maximum atomic E-state index is 12.5. The zero-order valence-corrected chi connectivity index (χ0v) is 9.78. The number of hydrogen-bond donors (Lipinski definition) is 0. The van der Waals surface area contributed by atoms with E-state index in [1.807, 2.05) is 0 Å². The van der Waals surface area contributed by atoms with E-state index >= 15 is 0 Å². The molecule has 0 aliphatic heterocycles. The molecular formula is C14H20O2. The molecule has 2 heteroatoms. The van der Waals surface area contributed by atoms with Crippen LogP contribution in [0.4, 0.5) is 0 Å². The molecule has 3 saturated carbocycles. The second-order valence-electron chi connectivity index (χ2n) is 5.94. The fraction of sp³-hybridized carbons (Fsp3) is 0.857. The lowest BCUT2D eigenvalue weighted by Gasteiger charge is -2.28. The number of Topliss-reactive ketones (excluding diaryl/α,β-unsaturated/α-hetero) is 2. The summed E-state index contributed by atoms with van der Waals surface area (Å²) in [5.74, 6) is 2.26. The van der Waals surface area contributed by atoms with E-state index in [0.29, 0.717) is 36.2 Å². The van der Waals surface area contributed by atoms with Crippen LogP contribution >= 0.6 is 0 Å². The molecule has 0 saturated heterocycles. The van der Waals surface area contributed by atoms with Gasteiger partial charge in [-0.1, -0.05) is 12.8 Å². The first-order valence-electron chi connectivity index (χ1n) is 6.81. The van der Waals surface area contributed by atoms with Gasteiger partial charge in [0.25, 0.3) is 0 Å². The van der Waals surface area contributed by atoms with Crippen molar-refractivity contribution in [3.05, 3.63) is 0 Å². The zero-order chi connectivity index (χ0) is 11.1. The lowest BCUT2D eigenvalue weighted by Crippen LogP contribution is -2.33. The Hall–Kier alpha value is -0.660. The number of ketones is 2. The molecule has 0 bridgehead atoms. The molecule has 0 aromatic heterocycles. The predicted octanol–water partition coefficient (Wildman–Crippen LogP) is 2.75. The highest BCUT2D eigenvalue weighted by Crippen LogP contribution is 2.45. The van der Waals surface area contributed by atoms with Crippen LogP contribution in [0.3, 0.4) is 0 Å². The normalized spacial score (nSPS) is 43.8. The third kappa shape index (κ3) is 1.63. The van der Waals surface area contributed by atoms with E-state index in [2.05, 4.69) is 0 Å². The minimum atomic E-state index is 0.245. The largest absolute Gasteiger partial charge is 0.300 e. The van der Waals surface area contributed by atoms with Gasteiger partial charge in [-0.25, -0.2) is 0 Å². The smallest absolute Gasteiger partial charge is 0.139 e. The molecule has 3 aliphatic rings. The molecule has 0 radical (unpaired) electrons. The molecule has 3 rings (SSSR count). The van der Waals surface area contributed by atoms with Crippen LogP contribution in [0.5, 0.6) is 0 Å². The van der Waals surface area contributed by atoms with E-state index < -0.39 is 0 Å². The molecule has 0 N–H and O–H groups in total. The van der Waals surface area contributed by atoms with Crippen LogP contribution in [0.25, 0.3) is 0 Å². The average molecular weight is 220 g/mol. The maximum absolute atomic E-state index is 12.5. The van der Waals surface area contributed by atoms with Crippen LogP contribution in [0, 0.1) is 23.7 Å². The highest BCUT2D eigenvalue weighted by Gasteiger charge is 2.44. The lowest BCUT2D eigenvalue weighted by molar-refractivity contribution is -0.132. The Morgan fingerprint density at radius 2 is 1.25 bits per heavy atom. The fourth-order valence-electron chi connectivity index (χ4n) is 4.25. The fourth-order valence-corrected chi connectivity index (χ4v) is 4.25. The van der Waals surface area contributed by atoms with Crippen molar-refractivity contribution >= 4 is 11.6 Å². The van der Waals surface area contributed by atoms with Crippen LogP contribution in [0.2, 0.25) is 0 Å². The molecule has 0 unspecified atom stereocenters. The minimum absolute atomic E-state index is 0.245. The molecule has 4 atom stereocenters. The summed E-state index contributed by atoms with van der Waals surface area (Å²) in [7, 11) is 0. The molecule has 0 aromatic rings. The summed E-state index contributed by atoms with van der Waals surface area (Å²) in [5, 5.41) is 0. The van der Waals surface area contributed by atoms with Crippen LogP contribution in [0.1, 0.15) is 51.4 Å². The highest BCUT2D eigenvalue weighted by atomic mass is 16.1. The van der Waals surface area contributed by atoms with Gasteiger partial charge < -0.3 is 0 Å². The summed E-state index contributed by atoms with van der Waals surface area (Å²) in [6.07, 6.45) is 8.04. The van der Waals surface area contributed by atoms with E-state index in [1.54, 1.807) is 0 Å². The van der Waals surface area contributed by atoms with Gasteiger partial charge in [0.15, 0.2) is 0 Å². The van der Waals surface area contributed by atoms with Gasteiger partial charge in [-0.3, -0.25) is 9.59 Å². The van der Waals surface area contributed by atoms with Crippen molar-refractivity contribution in [1.82, 2.24) is 0 Å². The minimum Gasteiger partial charge on any atom is -0.300 e. The zero-order valence-electron chi connectivity index (χ0n) is 9.78. The first-order valence-corrected chi connectivity index (χ1v) is 6.81. The molecule has 88 valence electrons. The second kappa shape index (κ2) is 3.97. The van der Waals surface area contributed by atoms with E-state index in [0.717, 1.165) is 38.5 Å². The summed E-state index contributed by atoms with van der Waals surface area (Å²) in [6.45, 7) is 0. The Kier molecular flexibility index (Phi) is 2.61. The van der Waals surface area contributed by atoms with Crippen molar-refractivity contribution in [1.29, 1.82) is 0 Å². The molecule has 2 nitrogen and oxygen atoms in total. The van der Waals surface area contributed by atoms with Crippen LogP contribution < -0.4 is 0 Å². The van der Waals surface area contributed by atoms with Crippen molar-refractivity contribution < 1.29 is 9.59 Å². The molecule has 0 spiro atoms. The molecule has 3 fully saturated rings. The summed E-state index contributed by atoms with van der Waals surface area (Å²) in [6, 6.07) is 0. The average Bonchev–Trinajstić information content (AvgIpc) is 2.84. The summed E-state index contributed by atoms with van der Waals surface area (Å²) < 4.78 is 0. The Morgan fingerprint density at radius 1 is 0.750 bits per heavy atom. The highest BCUT2D eigenvalue weighted by molar-refractivity contribution is 5.88. The second-order valence-corrected chi connectivity index (χ2v) is 5.94. The van der Waals surface area contributed by atoms with Crippen LogP contribution in [-0.4, -0.2) is 11.6 Å². The van der Waals surface area contributed by atoms with Crippen LogP contribution in [-0.2, 0) is 9.59 Å². The molecular weight excluding hydrogens is 200 g/mol. The Balaban J connectivity index is 1.87. The van der Waals surface area contributed by atoms with E-state index in [1.165, 1.54) is 0 Å². The topological polar surface area (TPSA) is 34.1 Å². The third-order valence-corrected chi connectivity index (χ3v) is 5.03. The quantitative estimate of drug-likeness (QED) is 0.629. The number of rotatable bonds is 0. The monoisotopic (exact) mass is 220 g/mol. The lowest BCUT2D eigenvalue weighted by atomic mass is 9.74. The first-order chi connectivity index (χ1) is 7.75. The van der Waals surface area contributed by atoms with Crippen LogP contribution in [0.15, 0.2) is 0 Å². The maximum Gasteiger partial charge on any atom is 0.139 e. The number of fused-ring (bicyclic) bond motifs is 2. The SMILES string of the molecule is O=C1C[C@@H]2CCC[C@@H]2C(=O)[C@@H]2CCC[C@@H]2C1. The van der Waals surface area contributed by atoms with Gasteiger partial charge in [0, 0.05) is 24.7 Å². The number of carbonyl (C=O) groups excluding carboxylic acids is 2. The van der Waals surface area contributed by atoms with Gasteiger partial charge in [-0.2, -0.15) is 0 Å². The van der Waals surface area contributed by atoms with Gasteiger partial charge >= 0.3 is 0 Å². The summed E-state index contributed by atoms with van der Waals surface area (Å²) in [4.78, 5) is 24.4. The standard InChI is InChI=1S/C14H20O2/c15-11-7-9-3-1-5-12(9)14(16)13-6-2-4-10(13)8-11/h9-10,12-13H,1-8H2/t9-,10+,12-,13+. The summed E-state index contributed by atoms with van der Waals surface area (Å²) in [5.41, 5.74) is 0. The predicted molar refractivity (Wildman–Crippen MR) is 60.9 cm³/mol. The first kappa shape index (κ1) is 10.5. The van der Waals surface area contributed by atoms with Gasteiger partial charge in [-0.05, 0) is 37.5 Å². The van der Waals surface area contributed by atoms with Gasteiger partial charge in [-0.15, -0.1) is 0 Å². The van der Waals surface area contributed by atoms with Gasteiger partial charge in [0.1, 0.15) is 11.6 Å². The molecule has 0 aromatic carbocycles. The number of hydrogen-bond acceptors (Lipinski definition) is 2. The number of carbonyl (C=O) groups is 2. The van der Waals surface area contributed by atoms with Gasteiger partial charge in [0.05, 0.1) is 0 Å². The van der Waals surface area contributed by atoms with Crippen molar-refractivity contribution in [3.8, 4) is 0 Å². The van der Waals surface area contributed by atoms with Crippen molar-refractivity contribution in [2.75, 3.05) is 0 Å². The van der Waals surface area contributed by atoms with E-state index in [4.69, 9.17) is 0 Å².